The molecular formula is C13H12BrNOS. The average molecular weight is 310 g/mol. The number of hydrogen-bond acceptors (Lipinski definition) is 3. The van der Waals surface area contributed by atoms with Gasteiger partial charge >= 0.3 is 0 Å². The summed E-state index contributed by atoms with van der Waals surface area (Å²) in [6.07, 6.45) is 0.483. The second-order valence-corrected chi connectivity index (χ2v) is 5.73. The van der Waals surface area contributed by atoms with Crippen molar-refractivity contribution in [1.82, 2.24) is 0 Å². The van der Waals surface area contributed by atoms with Crippen LogP contribution in [0.2, 0.25) is 0 Å². The van der Waals surface area contributed by atoms with Gasteiger partial charge < -0.3 is 10.4 Å². The van der Waals surface area contributed by atoms with Gasteiger partial charge in [-0.15, -0.1) is 0 Å². The van der Waals surface area contributed by atoms with E-state index in [1.54, 1.807) is 11.3 Å². The average Bonchev–Trinajstić information content (AvgIpc) is 2.95. The highest BCUT2D eigenvalue weighted by atomic mass is 79.9. The second kappa shape index (κ2) is 4.44. The summed E-state index contributed by atoms with van der Waals surface area (Å²) in [4.78, 5) is 0. The highest BCUT2D eigenvalue weighted by molar-refractivity contribution is 9.10. The molecule has 0 aliphatic carbocycles. The summed E-state index contributed by atoms with van der Waals surface area (Å²) in [5.41, 5.74) is 4.32. The molecule has 2 aromatic rings. The molecule has 4 heteroatoms. The summed E-state index contributed by atoms with van der Waals surface area (Å²) < 4.78 is 0.977. The van der Waals surface area contributed by atoms with Gasteiger partial charge in [-0.3, -0.25) is 0 Å². The lowest BCUT2D eigenvalue weighted by Crippen LogP contribution is -2.03. The molecule has 0 fully saturated rings. The molecule has 0 saturated carbocycles. The zero-order valence-electron chi connectivity index (χ0n) is 9.11. The van der Waals surface area contributed by atoms with Gasteiger partial charge in [0, 0.05) is 33.2 Å². The summed E-state index contributed by atoms with van der Waals surface area (Å²) in [7, 11) is 0. The molecule has 1 atom stereocenters. The van der Waals surface area contributed by atoms with E-state index >= 15 is 0 Å². The number of halogens is 1. The van der Waals surface area contributed by atoms with Crippen molar-refractivity contribution in [2.75, 3.05) is 11.9 Å². The quantitative estimate of drug-likeness (QED) is 0.889. The van der Waals surface area contributed by atoms with E-state index in [1.807, 2.05) is 22.9 Å². The first-order valence-electron chi connectivity index (χ1n) is 5.52. The van der Waals surface area contributed by atoms with E-state index in [-0.39, 0.29) is 0 Å². The number of anilines is 1. The molecule has 1 aromatic carbocycles. The summed E-state index contributed by atoms with van der Waals surface area (Å²) in [5, 5.41) is 17.8. The molecule has 2 nitrogen and oxygen atoms in total. The predicted molar refractivity (Wildman–Crippen MR) is 74.7 cm³/mol. The molecule has 0 spiro atoms. The zero-order valence-corrected chi connectivity index (χ0v) is 11.5. The van der Waals surface area contributed by atoms with Crippen molar-refractivity contribution in [3.8, 4) is 0 Å². The molecular weight excluding hydrogens is 298 g/mol. The maximum atomic E-state index is 10.5. The van der Waals surface area contributed by atoms with Gasteiger partial charge in [-0.25, -0.2) is 0 Å². The number of fused-ring (bicyclic) bond motifs is 1. The van der Waals surface area contributed by atoms with E-state index in [1.165, 1.54) is 5.56 Å². The molecule has 2 N–H and O–H groups in total. The monoisotopic (exact) mass is 309 g/mol. The lowest BCUT2D eigenvalue weighted by Gasteiger charge is -2.15. The number of aliphatic hydroxyl groups is 1. The van der Waals surface area contributed by atoms with E-state index < -0.39 is 6.10 Å². The van der Waals surface area contributed by atoms with Crippen molar-refractivity contribution in [1.29, 1.82) is 0 Å². The number of rotatable bonds is 2. The Morgan fingerprint density at radius 1 is 1.29 bits per heavy atom. The first-order valence-corrected chi connectivity index (χ1v) is 7.26. The SMILES string of the molecule is OC(c1cscc1Br)c1cccc2c1NCC2. The normalized spacial score (nSPS) is 15.4. The van der Waals surface area contributed by atoms with Gasteiger partial charge in [0.1, 0.15) is 6.10 Å². The summed E-state index contributed by atoms with van der Waals surface area (Å²) in [6, 6.07) is 6.13. The number of aliphatic hydroxyl groups excluding tert-OH is 1. The van der Waals surface area contributed by atoms with Crippen molar-refractivity contribution >= 4 is 33.0 Å². The van der Waals surface area contributed by atoms with Gasteiger partial charge in [-0.2, -0.15) is 11.3 Å². The molecule has 1 aliphatic rings. The van der Waals surface area contributed by atoms with E-state index in [4.69, 9.17) is 0 Å². The number of para-hydroxylation sites is 1. The molecule has 1 aromatic heterocycles. The Kier molecular flexibility index (Phi) is 2.94. The molecule has 2 heterocycles. The Bertz CT molecular complexity index is 552. The van der Waals surface area contributed by atoms with Crippen LogP contribution in [-0.2, 0) is 6.42 Å². The van der Waals surface area contributed by atoms with Crippen LogP contribution in [0.15, 0.2) is 33.4 Å². The predicted octanol–water partition coefficient (Wildman–Crippen LogP) is 3.56. The molecule has 0 saturated heterocycles. The number of nitrogens with one attached hydrogen (secondary N) is 1. The van der Waals surface area contributed by atoms with Gasteiger partial charge in [0.05, 0.1) is 0 Å². The molecule has 88 valence electrons. The van der Waals surface area contributed by atoms with Crippen LogP contribution in [0, 0.1) is 0 Å². The van der Waals surface area contributed by atoms with Crippen LogP contribution in [-0.4, -0.2) is 11.7 Å². The van der Waals surface area contributed by atoms with E-state index in [0.717, 1.165) is 34.3 Å². The van der Waals surface area contributed by atoms with Crippen molar-refractivity contribution in [3.05, 3.63) is 50.1 Å². The van der Waals surface area contributed by atoms with Gasteiger partial charge in [-0.1, -0.05) is 18.2 Å². The smallest absolute Gasteiger partial charge is 0.108 e. The van der Waals surface area contributed by atoms with Crippen LogP contribution in [0.5, 0.6) is 0 Å². The van der Waals surface area contributed by atoms with Crippen molar-refractivity contribution in [2.45, 2.75) is 12.5 Å². The Labute approximate surface area is 112 Å². The second-order valence-electron chi connectivity index (χ2n) is 4.14. The van der Waals surface area contributed by atoms with Crippen LogP contribution in [0.25, 0.3) is 0 Å². The van der Waals surface area contributed by atoms with E-state index in [2.05, 4.69) is 27.3 Å². The van der Waals surface area contributed by atoms with Crippen LogP contribution in [0.4, 0.5) is 5.69 Å². The molecule has 1 aliphatic heterocycles. The minimum atomic E-state index is -0.559. The van der Waals surface area contributed by atoms with Gasteiger partial charge in [-0.05, 0) is 33.3 Å². The Hall–Kier alpha value is -0.840. The molecule has 1 unspecified atom stereocenters. The van der Waals surface area contributed by atoms with Crippen LogP contribution < -0.4 is 5.32 Å². The first-order chi connectivity index (χ1) is 8.27. The standard InChI is InChI=1S/C13H12BrNOS/c14-11-7-17-6-10(11)13(16)9-3-1-2-8-4-5-15-12(8)9/h1-3,6-7,13,15-16H,4-5H2. The summed E-state index contributed by atoms with van der Waals surface area (Å²) >= 11 is 5.07. The first kappa shape index (κ1) is 11.3. The van der Waals surface area contributed by atoms with E-state index in [9.17, 15) is 5.11 Å². The topological polar surface area (TPSA) is 32.3 Å². The third-order valence-corrected chi connectivity index (χ3v) is 4.86. The maximum absolute atomic E-state index is 10.5. The number of benzene rings is 1. The van der Waals surface area contributed by atoms with Crippen molar-refractivity contribution < 1.29 is 5.11 Å². The fraction of sp³-hybridized carbons (Fsp3) is 0.231. The summed E-state index contributed by atoms with van der Waals surface area (Å²) in [6.45, 7) is 0.962. The lowest BCUT2D eigenvalue weighted by atomic mass is 9.99. The summed E-state index contributed by atoms with van der Waals surface area (Å²) in [5.74, 6) is 0. The molecule has 0 bridgehead atoms. The van der Waals surface area contributed by atoms with Gasteiger partial charge in [0.15, 0.2) is 0 Å². The Balaban J connectivity index is 2.05. The largest absolute Gasteiger partial charge is 0.384 e. The molecule has 3 rings (SSSR count). The third-order valence-electron chi connectivity index (χ3n) is 3.11. The molecule has 0 radical (unpaired) electrons. The highest BCUT2D eigenvalue weighted by Gasteiger charge is 2.21. The molecule has 0 amide bonds. The molecule has 17 heavy (non-hydrogen) atoms. The van der Waals surface area contributed by atoms with Crippen LogP contribution in [0.3, 0.4) is 0 Å². The van der Waals surface area contributed by atoms with Crippen molar-refractivity contribution in [2.24, 2.45) is 0 Å². The lowest BCUT2D eigenvalue weighted by molar-refractivity contribution is 0.221. The van der Waals surface area contributed by atoms with Gasteiger partial charge in [0.2, 0.25) is 0 Å². The van der Waals surface area contributed by atoms with Crippen LogP contribution >= 0.6 is 27.3 Å². The number of hydrogen-bond donors (Lipinski definition) is 2. The van der Waals surface area contributed by atoms with Gasteiger partial charge in [0.25, 0.3) is 0 Å². The van der Waals surface area contributed by atoms with E-state index in [0.29, 0.717) is 0 Å². The number of thiophene rings is 1. The Morgan fingerprint density at radius 2 is 2.18 bits per heavy atom. The fourth-order valence-corrected chi connectivity index (χ4v) is 3.78. The third kappa shape index (κ3) is 1.90. The maximum Gasteiger partial charge on any atom is 0.108 e. The highest BCUT2D eigenvalue weighted by Crippen LogP contribution is 2.37. The minimum absolute atomic E-state index is 0.559. The van der Waals surface area contributed by atoms with Crippen molar-refractivity contribution in [3.63, 3.8) is 0 Å². The zero-order chi connectivity index (χ0) is 11.8. The fourth-order valence-electron chi connectivity index (χ4n) is 2.25. The Morgan fingerprint density at radius 3 is 2.94 bits per heavy atom. The van der Waals surface area contributed by atoms with Crippen LogP contribution in [0.1, 0.15) is 22.8 Å². The minimum Gasteiger partial charge on any atom is -0.384 e.